The van der Waals surface area contributed by atoms with E-state index in [1.807, 2.05) is 36.4 Å². The number of nitrogens with zero attached hydrogens (tertiary/aromatic N) is 1. The fourth-order valence-electron chi connectivity index (χ4n) is 3.66. The number of carbonyl (C=O) groups excluding carboxylic acids is 1. The molecule has 1 aliphatic carbocycles. The van der Waals surface area contributed by atoms with E-state index in [9.17, 15) is 9.59 Å². The van der Waals surface area contributed by atoms with Gasteiger partial charge >= 0.3 is 0 Å². The molecule has 1 aliphatic heterocycles. The summed E-state index contributed by atoms with van der Waals surface area (Å²) in [5.74, 6) is 1.29. The molecule has 146 valence electrons. The maximum atomic E-state index is 12.3. The van der Waals surface area contributed by atoms with Crippen LogP contribution in [0.15, 0.2) is 58.4 Å². The average Bonchev–Trinajstić information content (AvgIpc) is 3.54. The lowest BCUT2D eigenvalue weighted by atomic mass is 10.1. The number of hydrogen-bond donors (Lipinski definition) is 2. The lowest BCUT2D eigenvalue weighted by Gasteiger charge is -2.18. The van der Waals surface area contributed by atoms with Crippen molar-refractivity contribution in [1.29, 1.82) is 0 Å². The van der Waals surface area contributed by atoms with E-state index in [0.717, 1.165) is 17.4 Å². The van der Waals surface area contributed by atoms with Gasteiger partial charge in [-0.3, -0.25) is 9.59 Å². The van der Waals surface area contributed by atoms with E-state index in [4.69, 9.17) is 9.47 Å². The number of pyridine rings is 1. The lowest BCUT2D eigenvalue weighted by Crippen LogP contribution is -2.21. The summed E-state index contributed by atoms with van der Waals surface area (Å²) in [7, 11) is 0. The minimum absolute atomic E-state index is 0.0758. The van der Waals surface area contributed by atoms with E-state index in [1.165, 1.54) is 6.21 Å². The van der Waals surface area contributed by atoms with E-state index in [0.29, 0.717) is 35.8 Å². The number of hydrogen-bond acceptors (Lipinski definition) is 5. The molecule has 5 rings (SSSR count). The Morgan fingerprint density at radius 3 is 2.66 bits per heavy atom. The zero-order valence-electron chi connectivity index (χ0n) is 15.6. The molecule has 0 saturated heterocycles. The number of nitrogens with one attached hydrogen (secondary N) is 2. The highest BCUT2D eigenvalue weighted by Gasteiger charge is 2.43. The normalized spacial score (nSPS) is 20.0. The molecule has 2 aliphatic rings. The Balaban J connectivity index is 1.30. The summed E-state index contributed by atoms with van der Waals surface area (Å²) in [5, 5.41) is 4.78. The number of aromatic nitrogens is 1. The highest BCUT2D eigenvalue weighted by molar-refractivity contribution is 5.90. The first-order valence-corrected chi connectivity index (χ1v) is 9.53. The first-order chi connectivity index (χ1) is 14.2. The highest BCUT2D eigenvalue weighted by atomic mass is 16.6. The second kappa shape index (κ2) is 7.09. The summed E-state index contributed by atoms with van der Waals surface area (Å²) < 4.78 is 11.1. The monoisotopic (exact) mass is 389 g/mol. The standard InChI is InChI=1S/C22H19N3O4/c26-21-15(8-14-9-19-20(11-18(14)24-21)29-7-6-28-19)12-23-25-22(27)17-10-16(17)13-4-2-1-3-5-13/h1-5,8-9,11-12,16-17H,6-7,10H2,(H,24,26)(H,25,27)/b23-12+/t16-,17+/m0/s1. The molecule has 29 heavy (non-hydrogen) atoms. The SMILES string of the molecule is O=C(N/N=C/c1cc2cc3c(cc2[nH]c1=O)OCCO3)[C@@H]1C[C@H]1c1ccccc1. The summed E-state index contributed by atoms with van der Waals surface area (Å²) in [5.41, 5.74) is 4.43. The van der Waals surface area contributed by atoms with Crippen molar-refractivity contribution in [2.45, 2.75) is 12.3 Å². The van der Waals surface area contributed by atoms with Gasteiger partial charge in [0, 0.05) is 17.4 Å². The van der Waals surface area contributed by atoms with Crippen LogP contribution >= 0.6 is 0 Å². The number of hydrazone groups is 1. The fraction of sp³-hybridized carbons (Fsp3) is 0.227. The Kier molecular flexibility index (Phi) is 4.27. The van der Waals surface area contributed by atoms with Gasteiger partial charge in [0.1, 0.15) is 13.2 Å². The van der Waals surface area contributed by atoms with E-state index < -0.39 is 0 Å². The zero-order valence-corrected chi connectivity index (χ0v) is 15.6. The smallest absolute Gasteiger partial charge is 0.257 e. The maximum Gasteiger partial charge on any atom is 0.257 e. The Bertz CT molecular complexity index is 1170. The third-order valence-electron chi connectivity index (χ3n) is 5.27. The zero-order chi connectivity index (χ0) is 19.8. The van der Waals surface area contributed by atoms with Gasteiger partial charge in [0.15, 0.2) is 11.5 Å². The molecule has 2 heterocycles. The topological polar surface area (TPSA) is 92.8 Å². The largest absolute Gasteiger partial charge is 0.486 e. The summed E-state index contributed by atoms with van der Waals surface area (Å²) in [4.78, 5) is 27.4. The lowest BCUT2D eigenvalue weighted by molar-refractivity contribution is -0.122. The Morgan fingerprint density at radius 1 is 1.10 bits per heavy atom. The second-order valence-corrected chi connectivity index (χ2v) is 7.23. The van der Waals surface area contributed by atoms with Crippen LogP contribution in [0.3, 0.4) is 0 Å². The van der Waals surface area contributed by atoms with Gasteiger partial charge in [-0.15, -0.1) is 0 Å². The molecule has 1 amide bonds. The summed E-state index contributed by atoms with van der Waals surface area (Å²) >= 11 is 0. The number of rotatable bonds is 4. The predicted octanol–water partition coefficient (Wildman–Crippen LogP) is 2.55. The van der Waals surface area contributed by atoms with Gasteiger partial charge in [-0.1, -0.05) is 30.3 Å². The minimum Gasteiger partial charge on any atom is -0.486 e. The average molecular weight is 389 g/mol. The number of carbonyl (C=O) groups is 1. The first-order valence-electron chi connectivity index (χ1n) is 9.53. The van der Waals surface area contributed by atoms with Crippen LogP contribution in [0.1, 0.15) is 23.5 Å². The minimum atomic E-state index is -0.291. The van der Waals surface area contributed by atoms with Crippen LogP contribution in [0.2, 0.25) is 0 Å². The molecule has 7 heteroatoms. The summed E-state index contributed by atoms with van der Waals surface area (Å²) in [6, 6.07) is 15.3. The van der Waals surface area contributed by atoms with Crippen LogP contribution in [0, 0.1) is 5.92 Å². The number of fused-ring (bicyclic) bond motifs is 2. The van der Waals surface area contributed by atoms with Crippen molar-refractivity contribution in [3.63, 3.8) is 0 Å². The van der Waals surface area contributed by atoms with Crippen LogP contribution in [-0.4, -0.2) is 30.3 Å². The van der Waals surface area contributed by atoms with Crippen molar-refractivity contribution in [1.82, 2.24) is 10.4 Å². The molecule has 0 bridgehead atoms. The number of H-pyrrole nitrogens is 1. The molecule has 0 unspecified atom stereocenters. The van der Waals surface area contributed by atoms with Crippen LogP contribution in [0.5, 0.6) is 11.5 Å². The van der Waals surface area contributed by atoms with Crippen molar-refractivity contribution in [3.8, 4) is 11.5 Å². The molecule has 1 saturated carbocycles. The van der Waals surface area contributed by atoms with Gasteiger partial charge in [-0.05, 0) is 30.0 Å². The predicted molar refractivity (Wildman–Crippen MR) is 109 cm³/mol. The number of benzene rings is 2. The first kappa shape index (κ1) is 17.5. The van der Waals surface area contributed by atoms with Crippen molar-refractivity contribution in [2.24, 2.45) is 11.0 Å². The Morgan fingerprint density at radius 2 is 1.86 bits per heavy atom. The van der Waals surface area contributed by atoms with Crippen molar-refractivity contribution in [3.05, 3.63) is 70.0 Å². The Labute approximate surface area is 166 Å². The van der Waals surface area contributed by atoms with Crippen LogP contribution < -0.4 is 20.5 Å². The van der Waals surface area contributed by atoms with Crippen LogP contribution in [0.25, 0.3) is 10.9 Å². The molecule has 0 spiro atoms. The molecule has 7 nitrogen and oxygen atoms in total. The van der Waals surface area contributed by atoms with E-state index in [2.05, 4.69) is 15.5 Å². The highest BCUT2D eigenvalue weighted by Crippen LogP contribution is 2.47. The maximum absolute atomic E-state index is 12.3. The Hall–Kier alpha value is -3.61. The van der Waals surface area contributed by atoms with E-state index >= 15 is 0 Å². The molecule has 0 radical (unpaired) electrons. The van der Waals surface area contributed by atoms with E-state index in [-0.39, 0.29) is 23.3 Å². The van der Waals surface area contributed by atoms with Gasteiger partial charge in [-0.25, -0.2) is 5.43 Å². The molecular weight excluding hydrogens is 370 g/mol. The summed E-state index contributed by atoms with van der Waals surface area (Å²) in [6.45, 7) is 0.979. The van der Waals surface area contributed by atoms with Crippen molar-refractivity contribution in [2.75, 3.05) is 13.2 Å². The third-order valence-corrected chi connectivity index (χ3v) is 5.27. The molecule has 2 aromatic carbocycles. The number of ether oxygens (including phenoxy) is 2. The van der Waals surface area contributed by atoms with Crippen LogP contribution in [-0.2, 0) is 4.79 Å². The number of aromatic amines is 1. The van der Waals surface area contributed by atoms with Gasteiger partial charge < -0.3 is 14.5 Å². The third kappa shape index (κ3) is 3.47. The molecule has 2 atom stereocenters. The molecule has 2 N–H and O–H groups in total. The van der Waals surface area contributed by atoms with Crippen molar-refractivity contribution >= 4 is 23.0 Å². The van der Waals surface area contributed by atoms with Crippen molar-refractivity contribution < 1.29 is 14.3 Å². The quantitative estimate of drug-likeness (QED) is 0.530. The molecule has 1 fully saturated rings. The van der Waals surface area contributed by atoms with Gasteiger partial charge in [-0.2, -0.15) is 5.10 Å². The molecule has 1 aromatic heterocycles. The fourth-order valence-corrected chi connectivity index (χ4v) is 3.66. The second-order valence-electron chi connectivity index (χ2n) is 7.23. The van der Waals surface area contributed by atoms with Crippen LogP contribution in [0.4, 0.5) is 0 Å². The molecule has 3 aromatic rings. The summed E-state index contributed by atoms with van der Waals surface area (Å²) in [6.07, 6.45) is 2.18. The van der Waals surface area contributed by atoms with E-state index in [1.54, 1.807) is 12.1 Å². The van der Waals surface area contributed by atoms with Gasteiger partial charge in [0.25, 0.3) is 5.56 Å². The van der Waals surface area contributed by atoms with Gasteiger partial charge in [0.2, 0.25) is 5.91 Å². The van der Waals surface area contributed by atoms with Gasteiger partial charge in [0.05, 0.1) is 17.3 Å². The number of amides is 1. The molecular formula is C22H19N3O4.